The maximum atomic E-state index is 12.5. The van der Waals surface area contributed by atoms with Gasteiger partial charge in [0.25, 0.3) is 0 Å². The third-order valence-electron chi connectivity index (χ3n) is 1.83. The van der Waals surface area contributed by atoms with Crippen molar-refractivity contribution in [3.8, 4) is 5.75 Å². The van der Waals surface area contributed by atoms with Crippen LogP contribution >= 0.6 is 0 Å². The lowest BCUT2D eigenvalue weighted by Crippen LogP contribution is -1.96. The Balaban J connectivity index is 1.96. The molecule has 0 bridgehead atoms. The highest BCUT2D eigenvalue weighted by Gasteiger charge is 1.96. The Labute approximate surface area is 86.6 Å². The molecule has 2 rings (SSSR count). The third kappa shape index (κ3) is 2.74. The summed E-state index contributed by atoms with van der Waals surface area (Å²) in [6.45, 7) is 0.404. The molecule has 3 nitrogen and oxygen atoms in total. The lowest BCUT2D eigenvalue weighted by molar-refractivity contribution is 0.303. The van der Waals surface area contributed by atoms with Crippen molar-refractivity contribution in [2.45, 2.75) is 6.61 Å². The smallest absolute Gasteiger partial charge is 0.213 e. The van der Waals surface area contributed by atoms with E-state index in [1.54, 1.807) is 18.5 Å². The van der Waals surface area contributed by atoms with Crippen molar-refractivity contribution >= 4 is 0 Å². The van der Waals surface area contributed by atoms with E-state index < -0.39 is 5.95 Å². The molecule has 0 fully saturated rings. The van der Waals surface area contributed by atoms with Crippen molar-refractivity contribution in [1.82, 2.24) is 9.97 Å². The van der Waals surface area contributed by atoms with Gasteiger partial charge in [-0.05, 0) is 18.2 Å². The maximum Gasteiger partial charge on any atom is 0.213 e. The van der Waals surface area contributed by atoms with E-state index in [2.05, 4.69) is 9.97 Å². The van der Waals surface area contributed by atoms with Crippen molar-refractivity contribution in [2.75, 3.05) is 0 Å². The Kier molecular flexibility index (Phi) is 2.88. The predicted octanol–water partition coefficient (Wildman–Crippen LogP) is 2.19. The lowest BCUT2D eigenvalue weighted by Gasteiger charge is -2.04. The number of aromatic nitrogens is 2. The van der Waals surface area contributed by atoms with Crippen LogP contribution in [0.4, 0.5) is 4.39 Å². The summed E-state index contributed by atoms with van der Waals surface area (Å²) in [5, 5.41) is 0. The zero-order chi connectivity index (χ0) is 10.5. The molecule has 2 heterocycles. The van der Waals surface area contributed by atoms with Crippen LogP contribution in [-0.2, 0) is 6.61 Å². The zero-order valence-corrected chi connectivity index (χ0v) is 7.93. The molecular formula is C11H9FN2O. The van der Waals surface area contributed by atoms with Gasteiger partial charge in [-0.1, -0.05) is 6.07 Å². The molecule has 0 spiro atoms. The monoisotopic (exact) mass is 204 g/mol. The number of rotatable bonds is 3. The van der Waals surface area contributed by atoms with E-state index in [0.717, 1.165) is 5.56 Å². The summed E-state index contributed by atoms with van der Waals surface area (Å²) in [6.07, 6.45) is 4.77. The number of nitrogens with zero attached hydrogens (tertiary/aromatic N) is 2. The van der Waals surface area contributed by atoms with Crippen LogP contribution in [0.5, 0.6) is 5.75 Å². The number of halogens is 1. The molecule has 0 atom stereocenters. The zero-order valence-electron chi connectivity index (χ0n) is 7.93. The summed E-state index contributed by atoms with van der Waals surface area (Å²) in [5.41, 5.74) is 0.960. The maximum absolute atomic E-state index is 12.5. The van der Waals surface area contributed by atoms with E-state index in [9.17, 15) is 4.39 Å². The molecule has 0 saturated heterocycles. The fourth-order valence-electron chi connectivity index (χ4n) is 1.10. The summed E-state index contributed by atoms with van der Waals surface area (Å²) in [4.78, 5) is 7.44. The molecule has 0 N–H and O–H groups in total. The highest BCUT2D eigenvalue weighted by Crippen LogP contribution is 2.10. The van der Waals surface area contributed by atoms with Crippen molar-refractivity contribution in [2.24, 2.45) is 0 Å². The van der Waals surface area contributed by atoms with Crippen LogP contribution in [0.2, 0.25) is 0 Å². The Morgan fingerprint density at radius 1 is 1.20 bits per heavy atom. The van der Waals surface area contributed by atoms with Crippen molar-refractivity contribution < 1.29 is 9.13 Å². The Morgan fingerprint density at radius 2 is 2.13 bits per heavy atom. The number of hydrogen-bond donors (Lipinski definition) is 0. The first-order valence-electron chi connectivity index (χ1n) is 4.48. The normalized spacial score (nSPS) is 9.93. The minimum atomic E-state index is -0.510. The van der Waals surface area contributed by atoms with E-state index in [0.29, 0.717) is 12.4 Å². The number of ether oxygens (including phenoxy) is 1. The third-order valence-corrected chi connectivity index (χ3v) is 1.83. The standard InChI is InChI=1S/C11H9FN2O/c12-11-4-3-10(7-14-11)15-8-9-2-1-5-13-6-9/h1-7H,8H2. The molecule has 0 aliphatic carbocycles. The second-order valence-corrected chi connectivity index (χ2v) is 2.97. The largest absolute Gasteiger partial charge is 0.487 e. The second-order valence-electron chi connectivity index (χ2n) is 2.97. The van der Waals surface area contributed by atoms with Crippen molar-refractivity contribution in [3.63, 3.8) is 0 Å². The summed E-state index contributed by atoms with van der Waals surface area (Å²) < 4.78 is 17.9. The molecule has 0 aliphatic rings. The molecule has 76 valence electrons. The van der Waals surface area contributed by atoms with Crippen LogP contribution in [0.25, 0.3) is 0 Å². The summed E-state index contributed by atoms with van der Waals surface area (Å²) in [7, 11) is 0. The van der Waals surface area contributed by atoms with E-state index in [1.807, 2.05) is 12.1 Å². The quantitative estimate of drug-likeness (QED) is 0.719. The van der Waals surface area contributed by atoms with E-state index in [4.69, 9.17) is 4.74 Å². The highest BCUT2D eigenvalue weighted by molar-refractivity contribution is 5.17. The van der Waals surface area contributed by atoms with Crippen LogP contribution in [0, 0.1) is 5.95 Å². The molecule has 0 amide bonds. The SMILES string of the molecule is Fc1ccc(OCc2cccnc2)cn1. The molecule has 4 heteroatoms. The summed E-state index contributed by atoms with van der Waals surface area (Å²) in [5.74, 6) is 0.0315. The number of pyridine rings is 2. The Morgan fingerprint density at radius 3 is 2.80 bits per heavy atom. The predicted molar refractivity (Wildman–Crippen MR) is 52.8 cm³/mol. The van der Waals surface area contributed by atoms with Gasteiger partial charge in [0.15, 0.2) is 0 Å². The van der Waals surface area contributed by atoms with Gasteiger partial charge in [0, 0.05) is 18.0 Å². The summed E-state index contributed by atoms with van der Waals surface area (Å²) in [6, 6.07) is 6.54. The fraction of sp³-hybridized carbons (Fsp3) is 0.0909. The van der Waals surface area contributed by atoms with Crippen LogP contribution in [-0.4, -0.2) is 9.97 Å². The Bertz CT molecular complexity index is 416. The van der Waals surface area contributed by atoms with Gasteiger partial charge in [-0.3, -0.25) is 4.98 Å². The first-order chi connectivity index (χ1) is 7.34. The van der Waals surface area contributed by atoms with Gasteiger partial charge in [0.2, 0.25) is 5.95 Å². The van der Waals surface area contributed by atoms with Crippen LogP contribution in [0.1, 0.15) is 5.56 Å². The molecule has 15 heavy (non-hydrogen) atoms. The molecule has 0 unspecified atom stereocenters. The van der Waals surface area contributed by atoms with E-state index in [-0.39, 0.29) is 0 Å². The van der Waals surface area contributed by atoms with Crippen molar-refractivity contribution in [3.05, 3.63) is 54.4 Å². The molecule has 0 saturated carbocycles. The van der Waals surface area contributed by atoms with Gasteiger partial charge in [-0.25, -0.2) is 4.98 Å². The average Bonchev–Trinajstić information content (AvgIpc) is 2.30. The molecule has 2 aromatic rings. The van der Waals surface area contributed by atoms with Gasteiger partial charge in [0.05, 0.1) is 6.20 Å². The van der Waals surface area contributed by atoms with Gasteiger partial charge < -0.3 is 4.74 Å². The second kappa shape index (κ2) is 4.50. The minimum absolute atomic E-state index is 0.404. The minimum Gasteiger partial charge on any atom is -0.487 e. The number of hydrogen-bond acceptors (Lipinski definition) is 3. The van der Waals surface area contributed by atoms with Crippen LogP contribution in [0.15, 0.2) is 42.9 Å². The average molecular weight is 204 g/mol. The van der Waals surface area contributed by atoms with Gasteiger partial charge in [-0.2, -0.15) is 4.39 Å². The van der Waals surface area contributed by atoms with E-state index in [1.165, 1.54) is 12.3 Å². The highest BCUT2D eigenvalue weighted by atomic mass is 19.1. The lowest BCUT2D eigenvalue weighted by atomic mass is 10.3. The molecule has 0 radical (unpaired) electrons. The molecular weight excluding hydrogens is 195 g/mol. The molecule has 2 aromatic heterocycles. The van der Waals surface area contributed by atoms with Crippen LogP contribution in [0.3, 0.4) is 0 Å². The fourth-order valence-corrected chi connectivity index (χ4v) is 1.10. The topological polar surface area (TPSA) is 35.0 Å². The summed E-state index contributed by atoms with van der Waals surface area (Å²) >= 11 is 0. The first kappa shape index (κ1) is 9.58. The first-order valence-corrected chi connectivity index (χ1v) is 4.48. The van der Waals surface area contributed by atoms with E-state index >= 15 is 0 Å². The Hall–Kier alpha value is -1.97. The van der Waals surface area contributed by atoms with Gasteiger partial charge in [-0.15, -0.1) is 0 Å². The van der Waals surface area contributed by atoms with Crippen molar-refractivity contribution in [1.29, 1.82) is 0 Å². The molecule has 0 aliphatic heterocycles. The molecule has 0 aromatic carbocycles. The van der Waals surface area contributed by atoms with Gasteiger partial charge in [0.1, 0.15) is 12.4 Å². The van der Waals surface area contributed by atoms with Gasteiger partial charge >= 0.3 is 0 Å². The van der Waals surface area contributed by atoms with Crippen LogP contribution < -0.4 is 4.74 Å².